The van der Waals surface area contributed by atoms with Crippen LogP contribution in [0.2, 0.25) is 0 Å². The summed E-state index contributed by atoms with van der Waals surface area (Å²) in [4.78, 5) is 0. The summed E-state index contributed by atoms with van der Waals surface area (Å²) >= 11 is 0. The molecule has 1 aromatic carbocycles. The number of hydrogen-bond donors (Lipinski definition) is 2. The topological polar surface area (TPSA) is 41.5 Å². The Morgan fingerprint density at radius 1 is 1.39 bits per heavy atom. The lowest BCUT2D eigenvalue weighted by Crippen LogP contribution is -2.34. The second kappa shape index (κ2) is 7.41. The van der Waals surface area contributed by atoms with E-state index in [2.05, 4.69) is 5.32 Å². The van der Waals surface area contributed by atoms with Crippen LogP contribution < -0.4 is 5.32 Å². The van der Waals surface area contributed by atoms with Crippen LogP contribution in [0.1, 0.15) is 25.5 Å². The second-order valence-corrected chi connectivity index (χ2v) is 4.15. The molecule has 0 heterocycles. The molecule has 0 aromatic heterocycles. The summed E-state index contributed by atoms with van der Waals surface area (Å²) < 4.78 is 31.3. The Hall–Kier alpha value is -1.04. The van der Waals surface area contributed by atoms with Crippen molar-refractivity contribution < 1.29 is 18.6 Å². The first kappa shape index (κ1) is 15.0. The minimum Gasteiger partial charge on any atom is -0.387 e. The van der Waals surface area contributed by atoms with Crippen LogP contribution in [-0.2, 0) is 4.74 Å². The Labute approximate surface area is 106 Å². The summed E-state index contributed by atoms with van der Waals surface area (Å²) in [5.41, 5.74) is 0.0903. The van der Waals surface area contributed by atoms with E-state index >= 15 is 0 Å². The van der Waals surface area contributed by atoms with Crippen LogP contribution in [0.3, 0.4) is 0 Å². The summed E-state index contributed by atoms with van der Waals surface area (Å²) in [6, 6.07) is 3.21. The van der Waals surface area contributed by atoms with Gasteiger partial charge in [-0.1, -0.05) is 6.07 Å². The molecule has 5 heteroatoms. The van der Waals surface area contributed by atoms with Gasteiger partial charge in [-0.2, -0.15) is 0 Å². The quantitative estimate of drug-likeness (QED) is 0.787. The Balaban J connectivity index is 2.47. The summed E-state index contributed by atoms with van der Waals surface area (Å²) in [5.74, 6) is -1.39. The molecule has 0 aliphatic carbocycles. The van der Waals surface area contributed by atoms with Crippen molar-refractivity contribution in [1.29, 1.82) is 0 Å². The molecule has 2 unspecified atom stereocenters. The van der Waals surface area contributed by atoms with Crippen molar-refractivity contribution in [2.24, 2.45) is 0 Å². The summed E-state index contributed by atoms with van der Waals surface area (Å²) in [5, 5.41) is 12.8. The maximum atomic E-state index is 13.4. The molecule has 0 aliphatic heterocycles. The lowest BCUT2D eigenvalue weighted by molar-refractivity contribution is 0.115. The van der Waals surface area contributed by atoms with Gasteiger partial charge in [0.2, 0.25) is 0 Å². The van der Waals surface area contributed by atoms with Crippen LogP contribution in [0, 0.1) is 11.6 Å². The van der Waals surface area contributed by atoms with Gasteiger partial charge in [-0.25, -0.2) is 8.78 Å². The monoisotopic (exact) mass is 259 g/mol. The average Bonchev–Trinajstić information content (AvgIpc) is 2.33. The second-order valence-electron chi connectivity index (χ2n) is 4.15. The minimum atomic E-state index is -1.00. The third kappa shape index (κ3) is 4.68. The third-order valence-corrected chi connectivity index (χ3v) is 2.55. The van der Waals surface area contributed by atoms with E-state index in [0.717, 1.165) is 12.1 Å². The molecule has 102 valence electrons. The van der Waals surface area contributed by atoms with Gasteiger partial charge in [0.1, 0.15) is 11.6 Å². The zero-order chi connectivity index (χ0) is 13.5. The maximum absolute atomic E-state index is 13.4. The number of benzene rings is 1. The fraction of sp³-hybridized carbons (Fsp3) is 0.538. The van der Waals surface area contributed by atoms with E-state index < -0.39 is 17.7 Å². The molecule has 0 aliphatic rings. The molecule has 1 rings (SSSR count). The molecule has 2 N–H and O–H groups in total. The van der Waals surface area contributed by atoms with Crippen molar-refractivity contribution in [3.63, 3.8) is 0 Å². The fourth-order valence-electron chi connectivity index (χ4n) is 1.55. The van der Waals surface area contributed by atoms with Crippen molar-refractivity contribution >= 4 is 0 Å². The number of halogens is 2. The van der Waals surface area contributed by atoms with Crippen molar-refractivity contribution in [1.82, 2.24) is 5.32 Å². The molecular formula is C13H19F2NO2. The number of ether oxygens (including phenoxy) is 1. The predicted molar refractivity (Wildman–Crippen MR) is 65.3 cm³/mol. The molecular weight excluding hydrogens is 240 g/mol. The van der Waals surface area contributed by atoms with E-state index in [1.165, 1.54) is 6.07 Å². The van der Waals surface area contributed by atoms with E-state index in [9.17, 15) is 13.9 Å². The SMILES string of the molecule is CCOCC(C)NCC(O)c1ccc(F)cc1F. The first-order chi connectivity index (χ1) is 8.54. The minimum absolute atomic E-state index is 0.0584. The number of rotatable bonds is 7. The van der Waals surface area contributed by atoms with Gasteiger partial charge in [-0.3, -0.25) is 0 Å². The number of nitrogens with one attached hydrogen (secondary N) is 1. The van der Waals surface area contributed by atoms with Gasteiger partial charge in [0.05, 0.1) is 12.7 Å². The summed E-state index contributed by atoms with van der Waals surface area (Å²) in [6.07, 6.45) is -1.00. The van der Waals surface area contributed by atoms with E-state index in [0.29, 0.717) is 13.2 Å². The Kier molecular flexibility index (Phi) is 6.18. The van der Waals surface area contributed by atoms with E-state index in [1.54, 1.807) is 0 Å². The normalized spacial score (nSPS) is 14.5. The zero-order valence-corrected chi connectivity index (χ0v) is 10.6. The van der Waals surface area contributed by atoms with Crippen LogP contribution in [-0.4, -0.2) is 30.9 Å². The molecule has 3 nitrogen and oxygen atoms in total. The third-order valence-electron chi connectivity index (χ3n) is 2.55. The van der Waals surface area contributed by atoms with Crippen LogP contribution in [0.25, 0.3) is 0 Å². The molecule has 0 bridgehead atoms. The van der Waals surface area contributed by atoms with Crippen molar-refractivity contribution in [3.8, 4) is 0 Å². The highest BCUT2D eigenvalue weighted by molar-refractivity contribution is 5.21. The van der Waals surface area contributed by atoms with Gasteiger partial charge in [-0.05, 0) is 19.9 Å². The lowest BCUT2D eigenvalue weighted by atomic mass is 10.1. The van der Waals surface area contributed by atoms with E-state index in [-0.39, 0.29) is 18.2 Å². The van der Waals surface area contributed by atoms with Gasteiger partial charge < -0.3 is 15.2 Å². The lowest BCUT2D eigenvalue weighted by Gasteiger charge is -2.17. The first-order valence-electron chi connectivity index (χ1n) is 5.98. The number of hydrogen-bond acceptors (Lipinski definition) is 3. The Morgan fingerprint density at radius 2 is 2.11 bits per heavy atom. The average molecular weight is 259 g/mol. The Morgan fingerprint density at radius 3 is 2.72 bits per heavy atom. The highest BCUT2D eigenvalue weighted by Gasteiger charge is 2.14. The molecule has 0 amide bonds. The molecule has 2 atom stereocenters. The highest BCUT2D eigenvalue weighted by atomic mass is 19.1. The summed E-state index contributed by atoms with van der Waals surface area (Å²) in [7, 11) is 0. The number of aliphatic hydroxyl groups is 1. The van der Waals surface area contributed by atoms with Gasteiger partial charge in [0, 0.05) is 30.8 Å². The smallest absolute Gasteiger partial charge is 0.131 e. The Bertz CT molecular complexity index is 374. The molecule has 0 radical (unpaired) electrons. The van der Waals surface area contributed by atoms with Gasteiger partial charge >= 0.3 is 0 Å². The van der Waals surface area contributed by atoms with Gasteiger partial charge in [0.25, 0.3) is 0 Å². The maximum Gasteiger partial charge on any atom is 0.131 e. The fourth-order valence-corrected chi connectivity index (χ4v) is 1.55. The van der Waals surface area contributed by atoms with Crippen molar-refractivity contribution in [2.45, 2.75) is 26.0 Å². The molecule has 1 aromatic rings. The van der Waals surface area contributed by atoms with Crippen molar-refractivity contribution in [2.75, 3.05) is 19.8 Å². The van der Waals surface area contributed by atoms with Gasteiger partial charge in [0.15, 0.2) is 0 Å². The summed E-state index contributed by atoms with van der Waals surface area (Å²) in [6.45, 7) is 5.14. The first-order valence-corrected chi connectivity index (χ1v) is 5.98. The van der Waals surface area contributed by atoms with Crippen molar-refractivity contribution in [3.05, 3.63) is 35.4 Å². The van der Waals surface area contributed by atoms with Gasteiger partial charge in [-0.15, -0.1) is 0 Å². The molecule has 18 heavy (non-hydrogen) atoms. The van der Waals surface area contributed by atoms with E-state index in [4.69, 9.17) is 4.74 Å². The highest BCUT2D eigenvalue weighted by Crippen LogP contribution is 2.17. The molecule has 0 saturated carbocycles. The number of aliphatic hydroxyl groups excluding tert-OH is 1. The molecule has 0 spiro atoms. The van der Waals surface area contributed by atoms with Crippen LogP contribution in [0.5, 0.6) is 0 Å². The van der Waals surface area contributed by atoms with E-state index in [1.807, 2.05) is 13.8 Å². The standard InChI is InChI=1S/C13H19F2NO2/c1-3-18-8-9(2)16-7-13(17)11-5-4-10(14)6-12(11)15/h4-6,9,13,16-17H,3,7-8H2,1-2H3. The van der Waals surface area contributed by atoms with Crippen LogP contribution >= 0.6 is 0 Å². The molecule has 0 saturated heterocycles. The predicted octanol–water partition coefficient (Wildman–Crippen LogP) is 2.01. The van der Waals surface area contributed by atoms with Crippen LogP contribution in [0.4, 0.5) is 8.78 Å². The molecule has 0 fully saturated rings. The largest absolute Gasteiger partial charge is 0.387 e. The zero-order valence-electron chi connectivity index (χ0n) is 10.6. The van der Waals surface area contributed by atoms with Crippen LogP contribution in [0.15, 0.2) is 18.2 Å².